The maximum Gasteiger partial charge on any atom is 0.124 e. The van der Waals surface area contributed by atoms with Crippen molar-refractivity contribution in [1.82, 2.24) is 0 Å². The average molecular weight is 212 g/mol. The summed E-state index contributed by atoms with van der Waals surface area (Å²) in [6.45, 7) is 2.97. The van der Waals surface area contributed by atoms with Crippen molar-refractivity contribution in [3.8, 4) is 0 Å². The largest absolute Gasteiger partial charge is 0.384 e. The zero-order chi connectivity index (χ0) is 10.7. The number of nitrogens with one attached hydrogen (secondary N) is 1. The second kappa shape index (κ2) is 4.33. The van der Waals surface area contributed by atoms with Gasteiger partial charge in [0.1, 0.15) is 5.84 Å². The predicted octanol–water partition coefficient (Wildman–Crippen LogP) is 2.08. The fraction of sp³-hybridized carbons (Fsp3) is 0.300. The molecule has 0 unspecified atom stereocenters. The highest BCUT2D eigenvalue weighted by Gasteiger charge is 2.05. The molecule has 0 aliphatic heterocycles. The van der Waals surface area contributed by atoms with Crippen LogP contribution >= 0.6 is 11.6 Å². The van der Waals surface area contributed by atoms with Gasteiger partial charge in [0.2, 0.25) is 0 Å². The van der Waals surface area contributed by atoms with Crippen LogP contribution in [0.3, 0.4) is 0 Å². The van der Waals surface area contributed by atoms with Crippen LogP contribution in [0, 0.1) is 5.41 Å². The summed E-state index contributed by atoms with van der Waals surface area (Å²) in [5.41, 5.74) is 6.97. The van der Waals surface area contributed by atoms with E-state index in [0.717, 1.165) is 12.2 Å². The van der Waals surface area contributed by atoms with Crippen LogP contribution in [0.5, 0.6) is 0 Å². The number of nitrogens with zero attached hydrogens (tertiary/aromatic N) is 1. The van der Waals surface area contributed by atoms with E-state index in [-0.39, 0.29) is 5.84 Å². The molecular weight excluding hydrogens is 198 g/mol. The number of hydrogen-bond acceptors (Lipinski definition) is 2. The lowest BCUT2D eigenvalue weighted by molar-refractivity contribution is 0.968. The Morgan fingerprint density at radius 1 is 1.57 bits per heavy atom. The first-order valence-corrected chi connectivity index (χ1v) is 4.79. The third kappa shape index (κ3) is 2.17. The number of benzene rings is 1. The van der Waals surface area contributed by atoms with Gasteiger partial charge in [-0.2, -0.15) is 0 Å². The van der Waals surface area contributed by atoms with Crippen molar-refractivity contribution < 1.29 is 0 Å². The van der Waals surface area contributed by atoms with Gasteiger partial charge in [-0.1, -0.05) is 11.6 Å². The summed E-state index contributed by atoms with van der Waals surface area (Å²) in [7, 11) is 1.99. The van der Waals surface area contributed by atoms with Gasteiger partial charge in [-0.25, -0.2) is 0 Å². The van der Waals surface area contributed by atoms with E-state index in [0.29, 0.717) is 10.6 Å². The molecule has 0 heterocycles. The van der Waals surface area contributed by atoms with Crippen LogP contribution < -0.4 is 10.6 Å². The van der Waals surface area contributed by atoms with E-state index in [1.807, 2.05) is 19.2 Å². The highest BCUT2D eigenvalue weighted by atomic mass is 35.5. The molecule has 0 fully saturated rings. The summed E-state index contributed by atoms with van der Waals surface area (Å²) in [5.74, 6) is 0.000650. The molecule has 1 aromatic rings. The van der Waals surface area contributed by atoms with Crippen molar-refractivity contribution in [1.29, 1.82) is 5.41 Å². The molecule has 0 atom stereocenters. The van der Waals surface area contributed by atoms with Crippen LogP contribution in [0.4, 0.5) is 5.69 Å². The van der Waals surface area contributed by atoms with E-state index in [1.165, 1.54) is 0 Å². The summed E-state index contributed by atoms with van der Waals surface area (Å²) >= 11 is 5.98. The lowest BCUT2D eigenvalue weighted by Crippen LogP contribution is -2.17. The van der Waals surface area contributed by atoms with Crippen LogP contribution in [-0.2, 0) is 0 Å². The molecule has 0 aliphatic carbocycles. The van der Waals surface area contributed by atoms with Crippen LogP contribution in [0.25, 0.3) is 0 Å². The van der Waals surface area contributed by atoms with Gasteiger partial charge in [-0.15, -0.1) is 0 Å². The second-order valence-corrected chi connectivity index (χ2v) is 3.50. The molecule has 0 bridgehead atoms. The highest BCUT2D eigenvalue weighted by Crippen LogP contribution is 2.22. The fourth-order valence-electron chi connectivity index (χ4n) is 1.14. The maximum absolute atomic E-state index is 7.28. The van der Waals surface area contributed by atoms with Crippen LogP contribution in [0.1, 0.15) is 12.5 Å². The predicted molar refractivity (Wildman–Crippen MR) is 61.4 cm³/mol. The highest BCUT2D eigenvalue weighted by molar-refractivity contribution is 6.34. The Bertz CT molecular complexity index is 349. The first-order chi connectivity index (χ1) is 6.56. The van der Waals surface area contributed by atoms with E-state index >= 15 is 0 Å². The third-order valence-corrected chi connectivity index (χ3v) is 2.47. The van der Waals surface area contributed by atoms with Crippen LogP contribution in [0.15, 0.2) is 18.2 Å². The SMILES string of the molecule is CCN(C)c1ccc(C(=N)N)c(Cl)c1. The van der Waals surface area contributed by atoms with Crippen LogP contribution in [-0.4, -0.2) is 19.4 Å². The number of nitrogen functional groups attached to an aromatic ring is 1. The van der Waals surface area contributed by atoms with E-state index in [9.17, 15) is 0 Å². The Hall–Kier alpha value is -1.22. The van der Waals surface area contributed by atoms with Crippen molar-refractivity contribution in [2.45, 2.75) is 6.92 Å². The zero-order valence-electron chi connectivity index (χ0n) is 8.34. The molecule has 3 nitrogen and oxygen atoms in total. The number of nitrogens with two attached hydrogens (primary N) is 1. The summed E-state index contributed by atoms with van der Waals surface area (Å²) in [6, 6.07) is 5.50. The Morgan fingerprint density at radius 2 is 2.21 bits per heavy atom. The lowest BCUT2D eigenvalue weighted by Gasteiger charge is -2.17. The van der Waals surface area contributed by atoms with E-state index in [1.54, 1.807) is 6.07 Å². The fourth-order valence-corrected chi connectivity index (χ4v) is 1.42. The molecule has 1 rings (SSSR count). The molecule has 1 aromatic carbocycles. The van der Waals surface area contributed by atoms with Crippen molar-refractivity contribution in [3.63, 3.8) is 0 Å². The van der Waals surface area contributed by atoms with E-state index in [4.69, 9.17) is 22.7 Å². The summed E-state index contributed by atoms with van der Waals surface area (Å²) in [6.07, 6.45) is 0. The van der Waals surface area contributed by atoms with Gasteiger partial charge < -0.3 is 10.6 Å². The minimum Gasteiger partial charge on any atom is -0.384 e. The number of rotatable bonds is 3. The number of anilines is 1. The molecule has 0 aromatic heterocycles. The van der Waals surface area contributed by atoms with Gasteiger partial charge >= 0.3 is 0 Å². The summed E-state index contributed by atoms with van der Waals surface area (Å²) in [4.78, 5) is 2.07. The molecule has 14 heavy (non-hydrogen) atoms. The molecule has 0 spiro atoms. The van der Waals surface area contributed by atoms with Gasteiger partial charge in [-0.3, -0.25) is 5.41 Å². The van der Waals surface area contributed by atoms with Gasteiger partial charge in [0.05, 0.1) is 5.02 Å². The summed E-state index contributed by atoms with van der Waals surface area (Å²) < 4.78 is 0. The van der Waals surface area contributed by atoms with Gasteiger partial charge in [-0.05, 0) is 25.1 Å². The standard InChI is InChI=1S/C10H14ClN3/c1-3-14(2)7-4-5-8(10(12)13)9(11)6-7/h4-6H,3H2,1-2H3,(H3,12,13). The van der Waals surface area contributed by atoms with E-state index in [2.05, 4.69) is 11.8 Å². The normalized spacial score (nSPS) is 9.93. The first-order valence-electron chi connectivity index (χ1n) is 4.41. The van der Waals surface area contributed by atoms with Crippen molar-refractivity contribution in [3.05, 3.63) is 28.8 Å². The van der Waals surface area contributed by atoms with Gasteiger partial charge in [0.25, 0.3) is 0 Å². The molecule has 0 saturated heterocycles. The van der Waals surface area contributed by atoms with Gasteiger partial charge in [0, 0.05) is 24.8 Å². The molecule has 76 valence electrons. The summed E-state index contributed by atoms with van der Waals surface area (Å²) in [5, 5.41) is 7.80. The van der Waals surface area contributed by atoms with Crippen molar-refractivity contribution in [2.75, 3.05) is 18.5 Å². The molecular formula is C10H14ClN3. The van der Waals surface area contributed by atoms with Gasteiger partial charge in [0.15, 0.2) is 0 Å². The molecule has 0 aliphatic rings. The Labute approximate surface area is 89.0 Å². The number of amidine groups is 1. The molecule has 0 radical (unpaired) electrons. The molecule has 0 amide bonds. The van der Waals surface area contributed by atoms with Crippen LogP contribution in [0.2, 0.25) is 5.02 Å². The Balaban J connectivity index is 3.06. The topological polar surface area (TPSA) is 53.1 Å². The quantitative estimate of drug-likeness (QED) is 0.594. The minimum absolute atomic E-state index is 0.000650. The lowest BCUT2D eigenvalue weighted by atomic mass is 10.2. The van der Waals surface area contributed by atoms with Crippen molar-refractivity contribution >= 4 is 23.1 Å². The number of halogens is 1. The smallest absolute Gasteiger partial charge is 0.124 e. The maximum atomic E-state index is 7.28. The minimum atomic E-state index is 0.000650. The third-order valence-electron chi connectivity index (χ3n) is 2.16. The second-order valence-electron chi connectivity index (χ2n) is 3.09. The molecule has 0 saturated carbocycles. The Morgan fingerprint density at radius 3 is 2.64 bits per heavy atom. The van der Waals surface area contributed by atoms with Crippen molar-refractivity contribution in [2.24, 2.45) is 5.73 Å². The monoisotopic (exact) mass is 211 g/mol. The molecule has 4 heteroatoms. The Kier molecular flexibility index (Phi) is 3.36. The van der Waals surface area contributed by atoms with E-state index < -0.39 is 0 Å². The average Bonchev–Trinajstić information content (AvgIpc) is 2.15. The first kappa shape index (κ1) is 10.9. The molecule has 3 N–H and O–H groups in total. The zero-order valence-corrected chi connectivity index (χ0v) is 9.10. The number of hydrogen-bond donors (Lipinski definition) is 2.